The summed E-state index contributed by atoms with van der Waals surface area (Å²) in [6.45, 7) is 4.44. The van der Waals surface area contributed by atoms with Gasteiger partial charge in [0, 0.05) is 12.1 Å². The number of nitrogens with one attached hydrogen (secondary N) is 1. The van der Waals surface area contributed by atoms with Crippen molar-refractivity contribution in [1.82, 2.24) is 5.32 Å². The van der Waals surface area contributed by atoms with Gasteiger partial charge < -0.3 is 10.1 Å². The second kappa shape index (κ2) is 10.5. The molecule has 0 aromatic heterocycles. The molecule has 0 heterocycles. The van der Waals surface area contributed by atoms with E-state index in [0.717, 1.165) is 23.3 Å². The molecule has 0 saturated carbocycles. The molecule has 4 aromatic rings. The van der Waals surface area contributed by atoms with Gasteiger partial charge in [-0.25, -0.2) is 4.39 Å². The van der Waals surface area contributed by atoms with E-state index in [2.05, 4.69) is 79.8 Å². The normalized spacial score (nSPS) is 13.3. The summed E-state index contributed by atoms with van der Waals surface area (Å²) < 4.78 is 18.7. The average Bonchev–Trinajstić information content (AvgIpc) is 2.83. The zero-order chi connectivity index (χ0) is 23.2. The van der Waals surface area contributed by atoms with Gasteiger partial charge >= 0.3 is 0 Å². The van der Waals surface area contributed by atoms with Crippen LogP contribution in [0.5, 0.6) is 5.75 Å². The predicted molar refractivity (Wildman–Crippen MR) is 137 cm³/mol. The van der Waals surface area contributed by atoms with Crippen molar-refractivity contribution in [2.75, 3.05) is 7.11 Å². The maximum absolute atomic E-state index is 13.2. The van der Waals surface area contributed by atoms with Crippen molar-refractivity contribution in [2.24, 2.45) is 0 Å². The van der Waals surface area contributed by atoms with Crippen LogP contribution in [0.15, 0.2) is 84.9 Å². The van der Waals surface area contributed by atoms with E-state index in [1.165, 1.54) is 34.0 Å². The smallest absolute Gasteiger partial charge is 0.123 e. The van der Waals surface area contributed by atoms with Crippen molar-refractivity contribution in [3.8, 4) is 5.75 Å². The van der Waals surface area contributed by atoms with Gasteiger partial charge in [-0.1, -0.05) is 72.8 Å². The third-order valence-electron chi connectivity index (χ3n) is 6.03. The van der Waals surface area contributed by atoms with E-state index in [9.17, 15) is 4.39 Å². The fraction of sp³-hybridized carbons (Fsp3) is 0.200. The highest BCUT2D eigenvalue weighted by Gasteiger charge is 2.14. The molecule has 0 radical (unpaired) electrons. The molecule has 2 nitrogen and oxygen atoms in total. The Morgan fingerprint density at radius 2 is 1.64 bits per heavy atom. The molecule has 0 aliphatic carbocycles. The monoisotopic (exact) mass is 439 g/mol. The average molecular weight is 440 g/mol. The number of hydrogen-bond acceptors (Lipinski definition) is 2. The van der Waals surface area contributed by atoms with Crippen LogP contribution in [-0.4, -0.2) is 13.2 Å². The summed E-state index contributed by atoms with van der Waals surface area (Å²) in [4.78, 5) is 0. The van der Waals surface area contributed by atoms with Crippen LogP contribution in [0.25, 0.3) is 22.9 Å². The Hall–Kier alpha value is -3.43. The Labute approximate surface area is 195 Å². The number of benzene rings is 4. The molecule has 0 saturated heterocycles. The van der Waals surface area contributed by atoms with Crippen molar-refractivity contribution in [3.63, 3.8) is 0 Å². The van der Waals surface area contributed by atoms with Crippen LogP contribution in [0.1, 0.15) is 42.1 Å². The highest BCUT2D eigenvalue weighted by molar-refractivity contribution is 5.86. The lowest BCUT2D eigenvalue weighted by Crippen LogP contribution is -2.31. The Balaban J connectivity index is 1.52. The van der Waals surface area contributed by atoms with E-state index in [-0.39, 0.29) is 17.9 Å². The first kappa shape index (κ1) is 22.8. The van der Waals surface area contributed by atoms with Gasteiger partial charge in [-0.05, 0) is 77.6 Å². The molecule has 0 spiro atoms. The van der Waals surface area contributed by atoms with Gasteiger partial charge in [0.15, 0.2) is 0 Å². The van der Waals surface area contributed by atoms with E-state index in [0.29, 0.717) is 0 Å². The fourth-order valence-electron chi connectivity index (χ4n) is 4.34. The van der Waals surface area contributed by atoms with Crippen molar-refractivity contribution in [1.29, 1.82) is 0 Å². The van der Waals surface area contributed by atoms with Crippen LogP contribution in [0.2, 0.25) is 0 Å². The molecule has 33 heavy (non-hydrogen) atoms. The molecule has 2 unspecified atom stereocenters. The minimum absolute atomic E-state index is 0.218. The van der Waals surface area contributed by atoms with Crippen LogP contribution in [0, 0.1) is 5.82 Å². The van der Waals surface area contributed by atoms with E-state index in [1.54, 1.807) is 19.2 Å². The lowest BCUT2D eigenvalue weighted by Gasteiger charge is -2.23. The maximum atomic E-state index is 13.2. The van der Waals surface area contributed by atoms with Gasteiger partial charge in [-0.2, -0.15) is 0 Å². The van der Waals surface area contributed by atoms with Crippen LogP contribution in [-0.2, 0) is 6.42 Å². The molecular weight excluding hydrogens is 409 g/mol. The largest absolute Gasteiger partial charge is 0.497 e. The zero-order valence-corrected chi connectivity index (χ0v) is 19.4. The second-order valence-electron chi connectivity index (χ2n) is 8.51. The van der Waals surface area contributed by atoms with Crippen molar-refractivity contribution in [3.05, 3.63) is 113 Å². The highest BCUT2D eigenvalue weighted by atomic mass is 19.1. The highest BCUT2D eigenvalue weighted by Crippen LogP contribution is 2.26. The molecule has 0 amide bonds. The number of halogens is 1. The summed E-state index contributed by atoms with van der Waals surface area (Å²) in [6.07, 6.45) is 4.96. The summed E-state index contributed by atoms with van der Waals surface area (Å²) >= 11 is 0. The molecule has 3 heteroatoms. The molecule has 0 bridgehead atoms. The van der Waals surface area contributed by atoms with E-state index in [1.807, 2.05) is 12.1 Å². The Morgan fingerprint density at radius 3 is 2.42 bits per heavy atom. The number of ether oxygens (including phenoxy) is 1. The Bertz CT molecular complexity index is 1240. The summed E-state index contributed by atoms with van der Waals surface area (Å²) in [7, 11) is 1.69. The van der Waals surface area contributed by atoms with Gasteiger partial charge in [0.05, 0.1) is 7.11 Å². The van der Waals surface area contributed by atoms with Crippen molar-refractivity contribution < 1.29 is 9.13 Å². The molecule has 168 valence electrons. The van der Waals surface area contributed by atoms with Gasteiger partial charge in [-0.15, -0.1) is 0 Å². The van der Waals surface area contributed by atoms with Crippen LogP contribution < -0.4 is 10.1 Å². The van der Waals surface area contributed by atoms with Gasteiger partial charge in [0.25, 0.3) is 0 Å². The third kappa shape index (κ3) is 5.68. The van der Waals surface area contributed by atoms with Crippen LogP contribution in [0.4, 0.5) is 4.39 Å². The number of rotatable bonds is 8. The van der Waals surface area contributed by atoms with E-state index < -0.39 is 0 Å². The first-order valence-corrected chi connectivity index (χ1v) is 11.4. The number of fused-ring (bicyclic) bond motifs is 1. The molecule has 0 aliphatic rings. The molecule has 1 N–H and O–H groups in total. The van der Waals surface area contributed by atoms with E-state index in [4.69, 9.17) is 4.74 Å². The minimum Gasteiger partial charge on any atom is -0.497 e. The zero-order valence-electron chi connectivity index (χ0n) is 19.4. The number of methoxy groups -OCH3 is 1. The first-order valence-electron chi connectivity index (χ1n) is 11.4. The second-order valence-corrected chi connectivity index (χ2v) is 8.51. The standard InChI is InChI=1S/C30H30FNO/c1-21(32-22(2)29-10-6-8-25-7-4-5-9-30(25)29)19-26-20-28(33-3)18-15-24(26)14-11-23-12-16-27(31)17-13-23/h4-18,20-22,32H,19H2,1-3H3. The third-order valence-corrected chi connectivity index (χ3v) is 6.03. The SMILES string of the molecule is COc1ccc(C=Cc2ccc(F)cc2)c(CC(C)NC(C)c2cccc3ccccc23)c1. The topological polar surface area (TPSA) is 21.3 Å². The molecule has 4 aromatic carbocycles. The summed E-state index contributed by atoms with van der Waals surface area (Å²) in [5.74, 6) is 0.621. The van der Waals surface area contributed by atoms with Crippen molar-refractivity contribution >= 4 is 22.9 Å². The predicted octanol–water partition coefficient (Wildman–Crippen LogP) is 7.44. The maximum Gasteiger partial charge on any atom is 0.123 e. The van der Waals surface area contributed by atoms with Crippen LogP contribution >= 0.6 is 0 Å². The van der Waals surface area contributed by atoms with Crippen molar-refractivity contribution in [2.45, 2.75) is 32.4 Å². The lowest BCUT2D eigenvalue weighted by molar-refractivity contribution is 0.413. The lowest BCUT2D eigenvalue weighted by atomic mass is 9.96. The molecular formula is C30H30FNO. The molecule has 0 fully saturated rings. The Kier molecular flexibility index (Phi) is 7.21. The summed E-state index contributed by atoms with van der Waals surface area (Å²) in [6, 6.07) is 28.2. The minimum atomic E-state index is -0.225. The van der Waals surface area contributed by atoms with Crippen LogP contribution in [0.3, 0.4) is 0 Å². The van der Waals surface area contributed by atoms with Gasteiger partial charge in [0.2, 0.25) is 0 Å². The molecule has 2 atom stereocenters. The van der Waals surface area contributed by atoms with Gasteiger partial charge in [-0.3, -0.25) is 0 Å². The fourth-order valence-corrected chi connectivity index (χ4v) is 4.34. The Morgan fingerprint density at radius 1 is 0.879 bits per heavy atom. The quantitative estimate of drug-likeness (QED) is 0.288. The first-order chi connectivity index (χ1) is 16.0. The summed E-state index contributed by atoms with van der Waals surface area (Å²) in [5.41, 5.74) is 4.61. The summed E-state index contributed by atoms with van der Waals surface area (Å²) in [5, 5.41) is 6.32. The number of hydrogen-bond donors (Lipinski definition) is 1. The van der Waals surface area contributed by atoms with E-state index >= 15 is 0 Å². The molecule has 4 rings (SSSR count). The van der Waals surface area contributed by atoms with Gasteiger partial charge in [0.1, 0.15) is 11.6 Å². The molecule has 0 aliphatic heterocycles.